The van der Waals surface area contributed by atoms with E-state index >= 15 is 0 Å². The minimum Gasteiger partial charge on any atom is -0.491 e. The van der Waals surface area contributed by atoms with Gasteiger partial charge < -0.3 is 9.47 Å². The second-order valence-electron chi connectivity index (χ2n) is 9.18. The van der Waals surface area contributed by atoms with E-state index in [-0.39, 0.29) is 18.2 Å². The molecule has 4 aromatic rings. The molecule has 0 bridgehead atoms. The molecule has 5 rings (SSSR count). The molecule has 9 heteroatoms. The Hall–Kier alpha value is -3.77. The topological polar surface area (TPSA) is 104 Å². The van der Waals surface area contributed by atoms with E-state index in [1.807, 2.05) is 62.0 Å². The van der Waals surface area contributed by atoms with Crippen LogP contribution in [0.4, 0.5) is 0 Å². The molecule has 0 aliphatic carbocycles. The molecule has 2 atom stereocenters. The summed E-state index contributed by atoms with van der Waals surface area (Å²) in [6.07, 6.45) is 6.63. The van der Waals surface area contributed by atoms with Crippen LogP contribution in [-0.4, -0.2) is 42.2 Å². The van der Waals surface area contributed by atoms with Crippen molar-refractivity contribution in [3.8, 4) is 34.7 Å². The van der Waals surface area contributed by atoms with Crippen LogP contribution < -0.4 is 4.74 Å². The van der Waals surface area contributed by atoms with Gasteiger partial charge in [-0.25, -0.2) is 14.6 Å². The lowest BCUT2D eigenvalue weighted by Crippen LogP contribution is -2.19. The van der Waals surface area contributed by atoms with E-state index in [2.05, 4.69) is 16.2 Å². The van der Waals surface area contributed by atoms with Gasteiger partial charge in [0.2, 0.25) is 0 Å². The number of fused-ring (bicyclic) bond motifs is 1. The predicted octanol–water partition coefficient (Wildman–Crippen LogP) is 5.00. The Bertz CT molecular complexity index is 1360. The van der Waals surface area contributed by atoms with Gasteiger partial charge in [-0.05, 0) is 70.4 Å². The first kappa shape index (κ1) is 23.0. The molecule has 180 valence electrons. The highest BCUT2D eigenvalue weighted by Crippen LogP contribution is 2.34. The van der Waals surface area contributed by atoms with E-state index in [4.69, 9.17) is 24.8 Å². The first-order valence-electron chi connectivity index (χ1n) is 12.1. The van der Waals surface area contributed by atoms with Crippen molar-refractivity contribution in [1.29, 1.82) is 5.26 Å². The van der Waals surface area contributed by atoms with Gasteiger partial charge >= 0.3 is 0 Å². The molecule has 0 spiro atoms. The van der Waals surface area contributed by atoms with Crippen molar-refractivity contribution >= 4 is 10.9 Å². The van der Waals surface area contributed by atoms with Crippen molar-refractivity contribution in [2.45, 2.75) is 58.9 Å². The number of benzene rings is 1. The minimum atomic E-state index is -0.122. The molecule has 0 saturated carbocycles. The summed E-state index contributed by atoms with van der Waals surface area (Å²) in [7, 11) is 0. The maximum atomic E-state index is 9.09. The van der Waals surface area contributed by atoms with Crippen LogP contribution in [0.3, 0.4) is 0 Å². The van der Waals surface area contributed by atoms with Gasteiger partial charge in [0.1, 0.15) is 17.1 Å². The Labute approximate surface area is 204 Å². The number of rotatable bonds is 7. The van der Waals surface area contributed by atoms with Gasteiger partial charge in [0, 0.05) is 24.4 Å². The number of nitriles is 1. The van der Waals surface area contributed by atoms with Gasteiger partial charge in [-0.2, -0.15) is 15.5 Å². The molecule has 3 aromatic heterocycles. The van der Waals surface area contributed by atoms with Crippen LogP contribution in [0.25, 0.3) is 33.8 Å². The summed E-state index contributed by atoms with van der Waals surface area (Å²) in [5.41, 5.74) is 3.07. The number of aromatic nitrogens is 6. The fourth-order valence-electron chi connectivity index (χ4n) is 4.30. The van der Waals surface area contributed by atoms with Gasteiger partial charge in [-0.3, -0.25) is 4.68 Å². The van der Waals surface area contributed by atoms with Crippen LogP contribution in [-0.2, 0) is 11.3 Å². The Kier molecular flexibility index (Phi) is 6.47. The predicted molar refractivity (Wildman–Crippen MR) is 131 cm³/mol. The summed E-state index contributed by atoms with van der Waals surface area (Å²) in [5, 5.41) is 19.6. The van der Waals surface area contributed by atoms with Crippen LogP contribution in [0.1, 0.15) is 46.3 Å². The molecular weight excluding hydrogens is 442 g/mol. The maximum Gasteiger partial charge on any atom is 0.181 e. The average molecular weight is 472 g/mol. The molecule has 1 aromatic carbocycles. The van der Waals surface area contributed by atoms with Crippen molar-refractivity contribution in [3.63, 3.8) is 0 Å². The monoisotopic (exact) mass is 471 g/mol. The lowest BCUT2D eigenvalue weighted by molar-refractivity contribution is -0.0365. The van der Waals surface area contributed by atoms with Crippen LogP contribution in [0.15, 0.2) is 42.7 Å². The van der Waals surface area contributed by atoms with E-state index < -0.39 is 0 Å². The molecule has 0 N–H and O–H groups in total. The Balaban J connectivity index is 1.56. The van der Waals surface area contributed by atoms with Crippen molar-refractivity contribution < 1.29 is 9.47 Å². The average Bonchev–Trinajstić information content (AvgIpc) is 3.49. The fourth-order valence-corrected chi connectivity index (χ4v) is 4.30. The summed E-state index contributed by atoms with van der Waals surface area (Å²) in [5.74, 6) is 1.17. The lowest BCUT2D eigenvalue weighted by atomic mass is 10.1. The third-order valence-corrected chi connectivity index (χ3v) is 5.93. The minimum absolute atomic E-state index is 0.0612. The van der Waals surface area contributed by atoms with Crippen molar-refractivity contribution in [1.82, 2.24) is 29.5 Å². The summed E-state index contributed by atoms with van der Waals surface area (Å²) < 4.78 is 15.7. The fraction of sp³-hybridized carbons (Fsp3) is 0.423. The van der Waals surface area contributed by atoms with E-state index in [0.717, 1.165) is 48.2 Å². The highest BCUT2D eigenvalue weighted by molar-refractivity contribution is 5.93. The van der Waals surface area contributed by atoms with Crippen molar-refractivity contribution in [2.75, 3.05) is 6.61 Å². The first-order chi connectivity index (χ1) is 17.0. The summed E-state index contributed by atoms with van der Waals surface area (Å²) in [6, 6.07) is 12.0. The Morgan fingerprint density at radius 3 is 2.80 bits per heavy atom. The summed E-state index contributed by atoms with van der Waals surface area (Å²) in [6.45, 7) is 7.15. The molecular formula is C26H29N7O2. The molecule has 35 heavy (non-hydrogen) atoms. The molecule has 0 radical (unpaired) electrons. The molecule has 4 heterocycles. The zero-order chi connectivity index (χ0) is 24.4. The van der Waals surface area contributed by atoms with E-state index in [1.165, 1.54) is 0 Å². The quantitative estimate of drug-likeness (QED) is 0.373. The molecule has 2 unspecified atom stereocenters. The second-order valence-corrected chi connectivity index (χ2v) is 9.18. The Morgan fingerprint density at radius 1 is 1.14 bits per heavy atom. The number of nitrogens with zero attached hydrogens (tertiary/aromatic N) is 7. The highest BCUT2D eigenvalue weighted by atomic mass is 16.5. The number of hydrogen-bond acceptors (Lipinski definition) is 7. The maximum absolute atomic E-state index is 9.09. The lowest BCUT2D eigenvalue weighted by Gasteiger charge is -2.23. The van der Waals surface area contributed by atoms with Gasteiger partial charge in [0.15, 0.2) is 12.1 Å². The van der Waals surface area contributed by atoms with Crippen LogP contribution >= 0.6 is 0 Å². The first-order valence-corrected chi connectivity index (χ1v) is 12.1. The van der Waals surface area contributed by atoms with Gasteiger partial charge in [-0.1, -0.05) is 0 Å². The van der Waals surface area contributed by atoms with E-state index in [0.29, 0.717) is 23.8 Å². The van der Waals surface area contributed by atoms with E-state index in [1.54, 1.807) is 10.9 Å². The van der Waals surface area contributed by atoms with Crippen LogP contribution in [0.5, 0.6) is 5.75 Å². The third kappa shape index (κ3) is 4.88. The summed E-state index contributed by atoms with van der Waals surface area (Å²) >= 11 is 0. The van der Waals surface area contributed by atoms with Crippen LogP contribution in [0, 0.1) is 17.2 Å². The summed E-state index contributed by atoms with van der Waals surface area (Å²) in [4.78, 5) is 9.37. The SMILES string of the molecule is CC(C#N)Cn1ccc(-c2ccnc(-c3nn(C4CCCCO4)c4ccc(OC(C)C)cc34)n2)n1. The number of hydrogen-bond donors (Lipinski definition) is 0. The largest absolute Gasteiger partial charge is 0.491 e. The molecule has 9 nitrogen and oxygen atoms in total. The zero-order valence-electron chi connectivity index (χ0n) is 20.3. The van der Waals surface area contributed by atoms with Gasteiger partial charge in [0.05, 0.1) is 35.8 Å². The van der Waals surface area contributed by atoms with Crippen LogP contribution in [0.2, 0.25) is 0 Å². The second kappa shape index (κ2) is 9.84. The smallest absolute Gasteiger partial charge is 0.181 e. The molecule has 0 amide bonds. The zero-order valence-corrected chi connectivity index (χ0v) is 20.3. The third-order valence-electron chi connectivity index (χ3n) is 5.93. The van der Waals surface area contributed by atoms with Crippen molar-refractivity contribution in [3.05, 3.63) is 42.7 Å². The molecule has 1 aliphatic rings. The molecule has 1 aliphatic heterocycles. The molecule has 1 saturated heterocycles. The number of ether oxygens (including phenoxy) is 2. The van der Waals surface area contributed by atoms with Gasteiger partial charge in [-0.15, -0.1) is 0 Å². The van der Waals surface area contributed by atoms with Gasteiger partial charge in [0.25, 0.3) is 0 Å². The molecule has 1 fully saturated rings. The Morgan fingerprint density at radius 2 is 2.03 bits per heavy atom. The van der Waals surface area contributed by atoms with Crippen molar-refractivity contribution in [2.24, 2.45) is 5.92 Å². The highest BCUT2D eigenvalue weighted by Gasteiger charge is 2.23. The normalized spacial score (nSPS) is 16.9. The van der Waals surface area contributed by atoms with E-state index in [9.17, 15) is 0 Å². The standard InChI is InChI=1S/C26H29N7O2/c1-17(2)35-19-7-8-23-20(14-19)25(31-33(23)24-6-4-5-13-34-24)26-28-11-9-21(29-26)22-10-12-32(30-22)16-18(3)15-27/h7-12,14,17-18,24H,4-6,13,16H2,1-3H3.